The van der Waals surface area contributed by atoms with E-state index in [2.05, 4.69) is 19.9 Å². The summed E-state index contributed by atoms with van der Waals surface area (Å²) in [4.78, 5) is 0. The molecule has 3 fully saturated rings. The van der Waals surface area contributed by atoms with E-state index in [1.165, 1.54) is 19.3 Å². The van der Waals surface area contributed by atoms with Crippen LogP contribution in [0.1, 0.15) is 65.7 Å². The number of aliphatic hydroxyl groups is 2. The van der Waals surface area contributed by atoms with Gasteiger partial charge in [0.25, 0.3) is 0 Å². The van der Waals surface area contributed by atoms with Crippen LogP contribution in [0.5, 0.6) is 0 Å². The van der Waals surface area contributed by atoms with Gasteiger partial charge in [0.2, 0.25) is 0 Å². The highest BCUT2D eigenvalue weighted by molar-refractivity contribution is 5.30. The first-order chi connectivity index (χ1) is 11.3. The van der Waals surface area contributed by atoms with Gasteiger partial charge in [0.15, 0.2) is 5.79 Å². The van der Waals surface area contributed by atoms with Crippen LogP contribution in [0.15, 0.2) is 11.6 Å². The second-order valence-corrected chi connectivity index (χ2v) is 9.60. The average Bonchev–Trinajstić information content (AvgIpc) is 3.03. The third-order valence-corrected chi connectivity index (χ3v) is 8.81. The van der Waals surface area contributed by atoms with Crippen molar-refractivity contribution in [1.29, 1.82) is 0 Å². The SMILES string of the molecule is COC1(O)CC[C@]2(C)C3=CC[C@]4(C)[C@@H](C(C)O)CC[C@H]4[C@@H]3CC[C@H]12. The van der Waals surface area contributed by atoms with Crippen LogP contribution in [0.25, 0.3) is 0 Å². The fourth-order valence-electron chi connectivity index (χ4n) is 7.53. The minimum absolute atomic E-state index is 0.0952. The number of rotatable bonds is 2. The molecule has 0 saturated heterocycles. The van der Waals surface area contributed by atoms with E-state index in [1.54, 1.807) is 12.7 Å². The topological polar surface area (TPSA) is 49.7 Å². The maximum absolute atomic E-state index is 10.9. The standard InChI is InChI=1S/C21H34O3/c1-13(22)15-6-7-16-14-5-8-18-20(3,11-12-21(18,23)24-4)17(14)9-10-19(15,16)2/h9,13-16,18,22-23H,5-8,10-12H2,1-4H3/t13?,14-,15+,16-,18-,19+,20+,21?/m0/s1. The van der Waals surface area contributed by atoms with Crippen molar-refractivity contribution < 1.29 is 14.9 Å². The molecule has 2 N–H and O–H groups in total. The fourth-order valence-corrected chi connectivity index (χ4v) is 7.53. The summed E-state index contributed by atoms with van der Waals surface area (Å²) in [5.74, 6) is 1.08. The van der Waals surface area contributed by atoms with Crippen LogP contribution in [0, 0.1) is 34.5 Å². The van der Waals surface area contributed by atoms with Gasteiger partial charge in [0.05, 0.1) is 6.10 Å². The van der Waals surface area contributed by atoms with Crippen LogP contribution in [0.4, 0.5) is 0 Å². The van der Waals surface area contributed by atoms with Gasteiger partial charge in [-0.25, -0.2) is 0 Å². The first kappa shape index (κ1) is 17.1. The largest absolute Gasteiger partial charge is 0.393 e. The van der Waals surface area contributed by atoms with Crippen molar-refractivity contribution in [1.82, 2.24) is 0 Å². The van der Waals surface area contributed by atoms with Crippen LogP contribution in [0.3, 0.4) is 0 Å². The molecule has 0 bridgehead atoms. The first-order valence-electron chi connectivity index (χ1n) is 9.92. The van der Waals surface area contributed by atoms with E-state index < -0.39 is 5.79 Å². The van der Waals surface area contributed by atoms with E-state index in [4.69, 9.17) is 4.74 Å². The molecule has 3 saturated carbocycles. The van der Waals surface area contributed by atoms with E-state index in [0.717, 1.165) is 25.7 Å². The second-order valence-electron chi connectivity index (χ2n) is 9.60. The molecular formula is C21H34O3. The van der Waals surface area contributed by atoms with Crippen LogP contribution in [-0.2, 0) is 4.74 Å². The monoisotopic (exact) mass is 334 g/mol. The third-order valence-electron chi connectivity index (χ3n) is 8.81. The Morgan fingerprint density at radius 3 is 2.58 bits per heavy atom. The average molecular weight is 335 g/mol. The van der Waals surface area contributed by atoms with E-state index in [9.17, 15) is 10.2 Å². The Morgan fingerprint density at radius 2 is 1.92 bits per heavy atom. The van der Waals surface area contributed by atoms with Crippen molar-refractivity contribution in [2.24, 2.45) is 34.5 Å². The first-order valence-corrected chi connectivity index (χ1v) is 9.92. The molecule has 24 heavy (non-hydrogen) atoms. The number of allylic oxidation sites excluding steroid dienone is 2. The van der Waals surface area contributed by atoms with Gasteiger partial charge in [0, 0.05) is 19.4 Å². The fraction of sp³-hybridized carbons (Fsp3) is 0.905. The smallest absolute Gasteiger partial charge is 0.168 e. The molecule has 4 rings (SSSR count). The van der Waals surface area contributed by atoms with Gasteiger partial charge in [-0.05, 0) is 74.0 Å². The molecule has 8 atom stereocenters. The summed E-state index contributed by atoms with van der Waals surface area (Å²) in [6.45, 7) is 6.77. The van der Waals surface area contributed by atoms with Crippen LogP contribution in [-0.4, -0.2) is 29.2 Å². The lowest BCUT2D eigenvalue weighted by atomic mass is 9.51. The molecule has 0 aromatic carbocycles. The molecule has 3 heteroatoms. The highest BCUT2D eigenvalue weighted by Crippen LogP contribution is 2.67. The Balaban J connectivity index is 1.70. The van der Waals surface area contributed by atoms with Crippen molar-refractivity contribution in [3.8, 4) is 0 Å². The van der Waals surface area contributed by atoms with Crippen LogP contribution >= 0.6 is 0 Å². The zero-order chi connectivity index (χ0) is 17.3. The lowest BCUT2D eigenvalue weighted by Gasteiger charge is -2.54. The van der Waals surface area contributed by atoms with Gasteiger partial charge < -0.3 is 14.9 Å². The molecule has 0 radical (unpaired) electrons. The summed E-state index contributed by atoms with van der Waals surface area (Å²) < 4.78 is 5.56. The van der Waals surface area contributed by atoms with E-state index >= 15 is 0 Å². The molecule has 0 spiro atoms. The second kappa shape index (κ2) is 5.31. The molecule has 0 heterocycles. The van der Waals surface area contributed by atoms with Crippen LogP contribution < -0.4 is 0 Å². The molecule has 3 nitrogen and oxygen atoms in total. The summed E-state index contributed by atoms with van der Waals surface area (Å²) in [6, 6.07) is 0. The Kier molecular flexibility index (Phi) is 3.77. The predicted octanol–water partition coefficient (Wildman–Crippen LogP) is 3.89. The molecule has 136 valence electrons. The van der Waals surface area contributed by atoms with Crippen molar-refractivity contribution in [2.45, 2.75) is 77.6 Å². The highest BCUT2D eigenvalue weighted by Gasteiger charge is 2.62. The lowest BCUT2D eigenvalue weighted by Crippen LogP contribution is -2.49. The van der Waals surface area contributed by atoms with Crippen molar-refractivity contribution >= 4 is 0 Å². The molecule has 4 aliphatic rings. The Labute approximate surface area is 146 Å². The number of hydrogen-bond donors (Lipinski definition) is 2. The van der Waals surface area contributed by atoms with Gasteiger partial charge >= 0.3 is 0 Å². The van der Waals surface area contributed by atoms with Crippen LogP contribution in [0.2, 0.25) is 0 Å². The third kappa shape index (κ3) is 2.01. The van der Waals surface area contributed by atoms with Gasteiger partial charge in [0.1, 0.15) is 0 Å². The zero-order valence-corrected chi connectivity index (χ0v) is 15.7. The quantitative estimate of drug-likeness (QED) is 0.595. The van der Waals surface area contributed by atoms with Gasteiger partial charge in [-0.2, -0.15) is 0 Å². The molecular weight excluding hydrogens is 300 g/mol. The van der Waals surface area contributed by atoms with E-state index in [1.807, 2.05) is 6.92 Å². The minimum atomic E-state index is -0.931. The summed E-state index contributed by atoms with van der Waals surface area (Å²) >= 11 is 0. The summed E-state index contributed by atoms with van der Waals surface area (Å²) in [6.07, 6.45) is 9.84. The van der Waals surface area contributed by atoms with Crippen molar-refractivity contribution in [3.05, 3.63) is 11.6 Å². The number of ether oxygens (including phenoxy) is 1. The summed E-state index contributed by atoms with van der Waals surface area (Å²) in [7, 11) is 1.66. The maximum Gasteiger partial charge on any atom is 0.168 e. The molecule has 0 aliphatic heterocycles. The van der Waals surface area contributed by atoms with Gasteiger partial charge in [-0.15, -0.1) is 0 Å². The van der Waals surface area contributed by atoms with E-state index in [0.29, 0.717) is 17.8 Å². The molecule has 0 amide bonds. The number of fused-ring (bicyclic) bond motifs is 5. The zero-order valence-electron chi connectivity index (χ0n) is 15.7. The summed E-state index contributed by atoms with van der Waals surface area (Å²) in [5, 5.41) is 21.2. The van der Waals surface area contributed by atoms with Gasteiger partial charge in [-0.1, -0.05) is 25.5 Å². The Morgan fingerprint density at radius 1 is 1.17 bits per heavy atom. The summed E-state index contributed by atoms with van der Waals surface area (Å²) in [5.41, 5.74) is 1.96. The normalized spacial score (nSPS) is 54.7. The number of methoxy groups -OCH3 is 1. The molecule has 0 aromatic rings. The van der Waals surface area contributed by atoms with Crippen molar-refractivity contribution in [3.63, 3.8) is 0 Å². The maximum atomic E-state index is 10.9. The molecule has 4 aliphatic carbocycles. The Bertz CT molecular complexity index is 555. The molecule has 2 unspecified atom stereocenters. The van der Waals surface area contributed by atoms with Crippen molar-refractivity contribution in [2.75, 3.05) is 7.11 Å². The minimum Gasteiger partial charge on any atom is -0.393 e. The number of hydrogen-bond acceptors (Lipinski definition) is 3. The van der Waals surface area contributed by atoms with E-state index in [-0.39, 0.29) is 22.9 Å². The predicted molar refractivity (Wildman–Crippen MR) is 94.2 cm³/mol. The van der Waals surface area contributed by atoms with Gasteiger partial charge in [-0.3, -0.25) is 0 Å². The lowest BCUT2D eigenvalue weighted by molar-refractivity contribution is -0.221. The highest BCUT2D eigenvalue weighted by atomic mass is 16.6. The Hall–Kier alpha value is -0.380. The number of aliphatic hydroxyl groups excluding tert-OH is 1. The molecule has 0 aromatic heterocycles.